The summed E-state index contributed by atoms with van der Waals surface area (Å²) in [5.41, 5.74) is 6.15. The topological polar surface area (TPSA) is 26.0 Å². The van der Waals surface area contributed by atoms with Crippen LogP contribution in [-0.2, 0) is 0 Å². The van der Waals surface area contributed by atoms with E-state index in [1.54, 1.807) is 0 Å². The van der Waals surface area contributed by atoms with Crippen molar-refractivity contribution in [3.8, 4) is 0 Å². The summed E-state index contributed by atoms with van der Waals surface area (Å²) >= 11 is 2.03. The predicted molar refractivity (Wildman–Crippen MR) is 64.2 cm³/mol. The summed E-state index contributed by atoms with van der Waals surface area (Å²) in [6.07, 6.45) is 2.60. The van der Waals surface area contributed by atoms with Gasteiger partial charge in [0, 0.05) is 0 Å². The summed E-state index contributed by atoms with van der Waals surface area (Å²) in [7, 11) is 0. The van der Waals surface area contributed by atoms with Crippen molar-refractivity contribution in [2.24, 2.45) is 17.1 Å². The van der Waals surface area contributed by atoms with Crippen LogP contribution in [0.3, 0.4) is 0 Å². The fourth-order valence-corrected chi connectivity index (χ4v) is 2.14. The lowest BCUT2D eigenvalue weighted by Crippen LogP contribution is -2.28. The van der Waals surface area contributed by atoms with Gasteiger partial charge in [-0.2, -0.15) is 11.8 Å². The molecule has 0 amide bonds. The van der Waals surface area contributed by atoms with E-state index >= 15 is 0 Å². The Bertz CT molecular complexity index is 118. The molecular weight excluding hydrogens is 178 g/mol. The molecular formula is C11H25NS. The van der Waals surface area contributed by atoms with Crippen molar-refractivity contribution < 1.29 is 0 Å². The third-order valence-electron chi connectivity index (χ3n) is 2.55. The van der Waals surface area contributed by atoms with Gasteiger partial charge in [-0.1, -0.05) is 27.7 Å². The van der Waals surface area contributed by atoms with E-state index in [4.69, 9.17) is 5.73 Å². The largest absolute Gasteiger partial charge is 0.330 e. The molecule has 0 fully saturated rings. The van der Waals surface area contributed by atoms with Crippen LogP contribution in [0.2, 0.25) is 0 Å². The minimum absolute atomic E-state index is 0.381. The second-order valence-corrected chi connectivity index (χ2v) is 6.03. The van der Waals surface area contributed by atoms with Gasteiger partial charge in [0.25, 0.3) is 0 Å². The fraction of sp³-hybridized carbons (Fsp3) is 1.00. The van der Waals surface area contributed by atoms with Crippen LogP contribution in [0.25, 0.3) is 0 Å². The highest BCUT2D eigenvalue weighted by Gasteiger charge is 2.22. The van der Waals surface area contributed by atoms with E-state index in [-0.39, 0.29) is 0 Å². The van der Waals surface area contributed by atoms with Gasteiger partial charge in [0.2, 0.25) is 0 Å². The zero-order valence-corrected chi connectivity index (χ0v) is 10.4. The Morgan fingerprint density at radius 1 is 1.31 bits per heavy atom. The van der Waals surface area contributed by atoms with Crippen molar-refractivity contribution in [3.05, 3.63) is 0 Å². The fourth-order valence-electron chi connectivity index (χ4n) is 1.48. The Kier molecular flexibility index (Phi) is 6.88. The van der Waals surface area contributed by atoms with E-state index in [2.05, 4.69) is 27.7 Å². The average molecular weight is 203 g/mol. The first-order valence-corrected chi connectivity index (χ1v) is 6.45. The van der Waals surface area contributed by atoms with Crippen LogP contribution >= 0.6 is 11.8 Å². The Morgan fingerprint density at radius 3 is 2.31 bits per heavy atom. The van der Waals surface area contributed by atoms with E-state index in [1.807, 2.05) is 11.8 Å². The Morgan fingerprint density at radius 2 is 1.92 bits per heavy atom. The first-order valence-electron chi connectivity index (χ1n) is 5.30. The van der Waals surface area contributed by atoms with Gasteiger partial charge in [0.15, 0.2) is 0 Å². The van der Waals surface area contributed by atoms with Gasteiger partial charge in [-0.3, -0.25) is 0 Å². The number of rotatable bonds is 6. The molecule has 0 aromatic rings. The van der Waals surface area contributed by atoms with E-state index in [1.165, 1.54) is 24.3 Å². The lowest BCUT2D eigenvalue weighted by atomic mass is 9.78. The molecule has 0 rings (SSSR count). The van der Waals surface area contributed by atoms with Gasteiger partial charge in [-0.15, -0.1) is 0 Å². The Balaban J connectivity index is 3.61. The number of hydrogen-bond acceptors (Lipinski definition) is 2. The second-order valence-electron chi connectivity index (χ2n) is 4.64. The Labute approximate surface area is 87.9 Å². The van der Waals surface area contributed by atoms with Crippen LogP contribution in [0.15, 0.2) is 0 Å². The quantitative estimate of drug-likeness (QED) is 0.671. The molecule has 2 heteroatoms. The number of nitrogens with two attached hydrogens (primary N) is 1. The highest BCUT2D eigenvalue weighted by molar-refractivity contribution is 7.99. The smallest absolute Gasteiger partial charge is 0.00439 e. The van der Waals surface area contributed by atoms with Crippen LogP contribution in [0, 0.1) is 11.3 Å². The highest BCUT2D eigenvalue weighted by atomic mass is 32.2. The number of hydrogen-bond donors (Lipinski definition) is 1. The van der Waals surface area contributed by atoms with Crippen LogP contribution < -0.4 is 5.73 Å². The van der Waals surface area contributed by atoms with E-state index in [0.717, 1.165) is 6.54 Å². The monoisotopic (exact) mass is 203 g/mol. The molecule has 0 aliphatic rings. The normalized spacial score (nSPS) is 14.5. The molecule has 0 aliphatic carbocycles. The zero-order chi connectivity index (χ0) is 10.3. The summed E-state index contributed by atoms with van der Waals surface area (Å²) in [6, 6.07) is 0. The second kappa shape index (κ2) is 6.72. The molecule has 0 saturated heterocycles. The zero-order valence-electron chi connectivity index (χ0n) is 9.60. The van der Waals surface area contributed by atoms with Gasteiger partial charge in [0.1, 0.15) is 0 Å². The first-order chi connectivity index (χ1) is 6.02. The standard InChI is InChI=1S/C11H25NS/c1-5-13-8-6-7-10(9-12)11(2,3)4/h10H,5-9,12H2,1-4H3. The molecule has 0 spiro atoms. The maximum atomic E-state index is 5.77. The lowest BCUT2D eigenvalue weighted by Gasteiger charge is -2.29. The molecule has 0 radical (unpaired) electrons. The molecule has 0 aromatic carbocycles. The minimum Gasteiger partial charge on any atom is -0.330 e. The minimum atomic E-state index is 0.381. The summed E-state index contributed by atoms with van der Waals surface area (Å²) < 4.78 is 0. The van der Waals surface area contributed by atoms with Gasteiger partial charge in [-0.25, -0.2) is 0 Å². The first kappa shape index (κ1) is 13.3. The molecule has 80 valence electrons. The molecule has 0 aliphatic heterocycles. The maximum Gasteiger partial charge on any atom is -0.00439 e. The molecule has 0 bridgehead atoms. The van der Waals surface area contributed by atoms with Crippen LogP contribution in [0.4, 0.5) is 0 Å². The summed E-state index contributed by atoms with van der Waals surface area (Å²) in [5, 5.41) is 0. The van der Waals surface area contributed by atoms with E-state index < -0.39 is 0 Å². The van der Waals surface area contributed by atoms with Crippen LogP contribution in [0.5, 0.6) is 0 Å². The van der Waals surface area contributed by atoms with Crippen molar-refractivity contribution in [2.75, 3.05) is 18.1 Å². The van der Waals surface area contributed by atoms with Gasteiger partial charge >= 0.3 is 0 Å². The molecule has 0 aromatic heterocycles. The van der Waals surface area contributed by atoms with Crippen molar-refractivity contribution in [1.82, 2.24) is 0 Å². The summed E-state index contributed by atoms with van der Waals surface area (Å²) in [5.74, 6) is 3.22. The predicted octanol–water partition coefficient (Wildman–Crippen LogP) is 3.14. The molecule has 0 heterocycles. The summed E-state index contributed by atoms with van der Waals surface area (Å²) in [6.45, 7) is 9.92. The van der Waals surface area contributed by atoms with Gasteiger partial charge < -0.3 is 5.73 Å². The highest BCUT2D eigenvalue weighted by Crippen LogP contribution is 2.29. The van der Waals surface area contributed by atoms with Crippen LogP contribution in [0.1, 0.15) is 40.5 Å². The molecule has 2 N–H and O–H groups in total. The third kappa shape index (κ3) is 6.39. The molecule has 13 heavy (non-hydrogen) atoms. The van der Waals surface area contributed by atoms with Crippen molar-refractivity contribution in [1.29, 1.82) is 0 Å². The van der Waals surface area contributed by atoms with Crippen molar-refractivity contribution in [2.45, 2.75) is 40.5 Å². The molecule has 1 unspecified atom stereocenters. The average Bonchev–Trinajstić information content (AvgIpc) is 2.02. The van der Waals surface area contributed by atoms with Crippen molar-refractivity contribution in [3.63, 3.8) is 0 Å². The molecule has 0 saturated carbocycles. The third-order valence-corrected chi connectivity index (χ3v) is 3.54. The summed E-state index contributed by atoms with van der Waals surface area (Å²) in [4.78, 5) is 0. The molecule has 1 nitrogen and oxygen atoms in total. The number of thioether (sulfide) groups is 1. The van der Waals surface area contributed by atoms with Crippen molar-refractivity contribution >= 4 is 11.8 Å². The Hall–Kier alpha value is 0.310. The SMILES string of the molecule is CCSCCCC(CN)C(C)(C)C. The maximum absolute atomic E-state index is 5.77. The van der Waals surface area contributed by atoms with E-state index in [9.17, 15) is 0 Å². The molecule has 1 atom stereocenters. The lowest BCUT2D eigenvalue weighted by molar-refractivity contribution is 0.232. The van der Waals surface area contributed by atoms with E-state index in [0.29, 0.717) is 11.3 Å². The van der Waals surface area contributed by atoms with Gasteiger partial charge in [0.05, 0.1) is 0 Å². The van der Waals surface area contributed by atoms with Gasteiger partial charge in [-0.05, 0) is 42.2 Å². The van der Waals surface area contributed by atoms with Crippen LogP contribution in [-0.4, -0.2) is 18.1 Å².